The molecule has 1 radical (unpaired) electrons. The number of hydrogen-bond donors (Lipinski definition) is 0. The Balaban J connectivity index is -0.000000000833. The van der Waals surface area contributed by atoms with Crippen molar-refractivity contribution in [3.63, 3.8) is 0 Å². The van der Waals surface area contributed by atoms with Crippen LogP contribution in [0.3, 0.4) is 0 Å². The Hall–Kier alpha value is 2.32. The summed E-state index contributed by atoms with van der Waals surface area (Å²) in [6, 6.07) is 0. The molecule has 5 heteroatoms. The van der Waals surface area contributed by atoms with Crippen LogP contribution >= 0.6 is 0 Å². The first-order chi connectivity index (χ1) is 1.00. The quantitative estimate of drug-likeness (QED) is 0.392. The van der Waals surface area contributed by atoms with Crippen molar-refractivity contribution in [2.24, 2.45) is 0 Å². The molecule has 0 saturated heterocycles. The van der Waals surface area contributed by atoms with E-state index < -0.39 is 0 Å². The molecule has 0 amide bonds. The van der Waals surface area contributed by atoms with Crippen LogP contribution in [0, 0.1) is 0 Å². The van der Waals surface area contributed by atoms with E-state index in [2.05, 4.69) is 15.4 Å². The summed E-state index contributed by atoms with van der Waals surface area (Å²) in [4.78, 5) is 0. The molecule has 5 heavy (non-hydrogen) atoms. The molecule has 0 rings (SSSR count). The van der Waals surface area contributed by atoms with E-state index in [0.29, 0.717) is 0 Å². The van der Waals surface area contributed by atoms with Gasteiger partial charge in [0.1, 0.15) is 0 Å². The Bertz CT molecular complexity index is 15.5. The van der Waals surface area contributed by atoms with Crippen molar-refractivity contribution in [3.8, 4) is 0 Å². The van der Waals surface area contributed by atoms with Crippen molar-refractivity contribution in [2.45, 2.75) is 0 Å². The molecule has 35 valence electrons. The van der Waals surface area contributed by atoms with E-state index >= 15 is 0 Å². The Labute approximate surface area is 83.0 Å². The normalized spacial score (nSPS) is 1.20. The third-order valence-electron chi connectivity index (χ3n) is 0. The summed E-state index contributed by atoms with van der Waals surface area (Å²) in [5, 5.41) is 0. The van der Waals surface area contributed by atoms with Crippen molar-refractivity contribution in [1.82, 2.24) is 0 Å². The molecule has 0 aromatic carbocycles. The number of rotatable bonds is 0. The minimum atomic E-state index is 0. The van der Waals surface area contributed by atoms with Crippen molar-refractivity contribution in [3.05, 3.63) is 0 Å². The fraction of sp³-hybridized carbons (Fsp3) is 0. The summed E-state index contributed by atoms with van der Waals surface area (Å²) in [5.41, 5.74) is 0. The third-order valence-corrected chi connectivity index (χ3v) is 0. The first-order valence-electron chi connectivity index (χ1n) is 0.129. The van der Waals surface area contributed by atoms with Gasteiger partial charge in [0.15, 0.2) is 0 Å². The van der Waals surface area contributed by atoms with Gasteiger partial charge in [-0.05, 0) is 0 Å². The molecule has 0 aliphatic heterocycles. The van der Waals surface area contributed by atoms with Gasteiger partial charge in [-0.3, -0.25) is 0 Å². The summed E-state index contributed by atoms with van der Waals surface area (Å²) in [6.45, 7) is 0. The molecule has 0 bridgehead atoms. The first kappa shape index (κ1) is 26.5. The monoisotopic (exact) mass is 213 g/mol. The molecule has 0 N–H and O–H groups in total. The zero-order valence-electron chi connectivity index (χ0n) is 3.41. The van der Waals surface area contributed by atoms with Gasteiger partial charge in [-0.2, -0.15) is 0 Å². The Morgan fingerprint density at radius 3 is 1.40 bits per heavy atom. The van der Waals surface area contributed by atoms with Gasteiger partial charge in [-0.1, -0.05) is 0 Å². The van der Waals surface area contributed by atoms with Gasteiger partial charge in [-0.15, -0.1) is 0 Å². The summed E-state index contributed by atoms with van der Waals surface area (Å²) in [7, 11) is 0. The van der Waals surface area contributed by atoms with Crippen LogP contribution in [-0.4, -0.2) is 0 Å². The number of hydrogen-bond acceptors (Lipinski definition) is 1. The van der Waals surface area contributed by atoms with E-state index in [-0.39, 0.29) is 64.8 Å². The second kappa shape index (κ2) is 33.2. The average Bonchev–Trinajstić information content (AvgIpc) is 1.00. The molecule has 0 aliphatic carbocycles. The van der Waals surface area contributed by atoms with Gasteiger partial charge in [0.05, 0.1) is 0 Å². The molecular weight excluding hydrogens is 212 g/mol. The van der Waals surface area contributed by atoms with E-state index in [9.17, 15) is 0 Å². The summed E-state index contributed by atoms with van der Waals surface area (Å²) >= 11 is 2.62. The molecule has 0 atom stereocenters. The van der Waals surface area contributed by atoms with E-state index in [1.165, 1.54) is 0 Å². The summed E-state index contributed by atoms with van der Waals surface area (Å²) in [6.07, 6.45) is 0. The van der Waals surface area contributed by atoms with Crippen molar-refractivity contribution in [1.29, 1.82) is 0 Å². The van der Waals surface area contributed by atoms with E-state index in [4.69, 9.17) is 3.90 Å². The zero-order valence-corrected chi connectivity index (χ0v) is 7.54. The van der Waals surface area contributed by atoms with Crippen LogP contribution in [0.25, 0.3) is 0 Å². The van der Waals surface area contributed by atoms with Gasteiger partial charge < -0.3 is 1.43 Å². The van der Waals surface area contributed by atoms with Crippen LogP contribution in [0.2, 0.25) is 0 Å². The first-order valence-corrected chi connectivity index (χ1v) is 0.532. The van der Waals surface area contributed by atoms with E-state index in [1.807, 2.05) is 0 Å². The zero-order chi connectivity index (χ0) is 2.00. The van der Waals surface area contributed by atoms with Crippen molar-refractivity contribution < 1.29 is 84.1 Å². The maximum absolute atomic E-state index is 7.88. The van der Waals surface area contributed by atoms with Gasteiger partial charge in [0.2, 0.25) is 0 Å². The Morgan fingerprint density at radius 2 is 1.40 bits per heavy atom. The molecule has 0 aromatic rings. The predicted octanol–water partition coefficient (Wildman–Crippen LogP) is -3.01. The van der Waals surface area contributed by atoms with Gasteiger partial charge in [-0.25, -0.2) is 0 Å². The molecular formula is HCoFeNaNiO. The summed E-state index contributed by atoms with van der Waals surface area (Å²) in [5.74, 6) is 0. The van der Waals surface area contributed by atoms with Crippen LogP contribution in [0.5, 0.6) is 0 Å². The third kappa shape index (κ3) is 21.9. The van der Waals surface area contributed by atoms with E-state index in [1.54, 1.807) is 0 Å². The molecule has 0 unspecified atom stereocenters. The fourth-order valence-corrected chi connectivity index (χ4v) is 0. The SMILES string of the molecule is [Co].[Fe].[H-].[Na+].[O]=[Ni]. The van der Waals surface area contributed by atoms with E-state index in [0.717, 1.165) is 0 Å². The van der Waals surface area contributed by atoms with Crippen LogP contribution in [0.15, 0.2) is 0 Å². The fourth-order valence-electron chi connectivity index (χ4n) is 0. The topological polar surface area (TPSA) is 17.1 Å². The minimum absolute atomic E-state index is 0. The second-order valence-electron chi connectivity index (χ2n) is 0. The standard InChI is InChI=1S/Co.Fe.Na.Ni.O.H/q;;+1;;;-1. The average molecular weight is 213 g/mol. The molecule has 0 spiro atoms. The van der Waals surface area contributed by atoms with Crippen LogP contribution in [0.1, 0.15) is 1.43 Å². The molecule has 0 fully saturated rings. The Kier molecular flexibility index (Phi) is 176. The van der Waals surface area contributed by atoms with Gasteiger partial charge in [0, 0.05) is 33.8 Å². The molecule has 1 nitrogen and oxygen atoms in total. The van der Waals surface area contributed by atoms with Gasteiger partial charge in [0.25, 0.3) is 0 Å². The molecule has 0 saturated carbocycles. The maximum atomic E-state index is 7.88. The van der Waals surface area contributed by atoms with Crippen LogP contribution in [0.4, 0.5) is 0 Å². The van der Waals surface area contributed by atoms with Crippen molar-refractivity contribution in [2.75, 3.05) is 0 Å². The van der Waals surface area contributed by atoms with Crippen molar-refractivity contribution >= 4 is 0 Å². The summed E-state index contributed by atoms with van der Waals surface area (Å²) < 4.78 is 7.88. The van der Waals surface area contributed by atoms with Crippen LogP contribution < -0.4 is 29.6 Å². The molecule has 0 aromatic heterocycles. The Morgan fingerprint density at radius 1 is 1.40 bits per heavy atom. The second-order valence-corrected chi connectivity index (χ2v) is 0. The predicted molar refractivity (Wildman–Crippen MR) is 1.80 cm³/mol. The van der Waals surface area contributed by atoms with Gasteiger partial charge >= 0.3 is 48.8 Å². The molecule has 0 heterocycles. The molecule has 0 aliphatic rings. The van der Waals surface area contributed by atoms with Crippen LogP contribution in [-0.2, 0) is 53.1 Å².